The minimum Gasteiger partial charge on any atom is -0.497 e. The molecule has 9 heteroatoms. The number of carbonyl (C=O) groups excluding carboxylic acids is 1. The molecular formula is C22H38IN5O3. The molecule has 0 aromatic heterocycles. The van der Waals surface area contributed by atoms with E-state index in [1.54, 1.807) is 26.1 Å². The van der Waals surface area contributed by atoms with Gasteiger partial charge in [-0.3, -0.25) is 14.7 Å². The maximum Gasteiger partial charge on any atom is 0.236 e. The maximum absolute atomic E-state index is 11.9. The van der Waals surface area contributed by atoms with Gasteiger partial charge in [0.1, 0.15) is 11.5 Å². The molecule has 2 N–H and O–H groups in total. The molecule has 0 spiro atoms. The number of benzene rings is 1. The van der Waals surface area contributed by atoms with Crippen LogP contribution in [0.3, 0.4) is 0 Å². The Morgan fingerprint density at radius 1 is 1.26 bits per heavy atom. The van der Waals surface area contributed by atoms with Crippen LogP contribution in [-0.4, -0.2) is 88.2 Å². The molecule has 1 fully saturated rings. The zero-order chi connectivity index (χ0) is 21.8. The highest BCUT2D eigenvalue weighted by molar-refractivity contribution is 14.0. The lowest BCUT2D eigenvalue weighted by Crippen LogP contribution is -2.50. The summed E-state index contributed by atoms with van der Waals surface area (Å²) >= 11 is 0. The van der Waals surface area contributed by atoms with Crippen LogP contribution in [0.5, 0.6) is 11.5 Å². The van der Waals surface area contributed by atoms with Gasteiger partial charge in [-0.15, -0.1) is 24.0 Å². The van der Waals surface area contributed by atoms with Gasteiger partial charge in [0.15, 0.2) is 5.96 Å². The highest BCUT2D eigenvalue weighted by Gasteiger charge is 2.21. The quantitative estimate of drug-likeness (QED) is 0.203. The Hall–Kier alpha value is -1.75. The van der Waals surface area contributed by atoms with Crippen LogP contribution in [0.4, 0.5) is 0 Å². The second kappa shape index (κ2) is 15.1. The van der Waals surface area contributed by atoms with E-state index in [1.807, 2.05) is 24.3 Å². The number of aliphatic imine (C=N–C) groups is 1. The summed E-state index contributed by atoms with van der Waals surface area (Å²) in [6.45, 7) is 6.53. The average Bonchev–Trinajstić information content (AvgIpc) is 2.75. The first-order chi connectivity index (χ1) is 14.5. The highest BCUT2D eigenvalue weighted by atomic mass is 127. The predicted molar refractivity (Wildman–Crippen MR) is 136 cm³/mol. The fourth-order valence-electron chi connectivity index (χ4n) is 3.22. The molecule has 1 amide bonds. The number of likely N-dealkylation sites (N-methyl/N-ethyl adjacent to an activating group) is 1. The van der Waals surface area contributed by atoms with Gasteiger partial charge >= 0.3 is 0 Å². The van der Waals surface area contributed by atoms with Gasteiger partial charge in [-0.2, -0.15) is 0 Å². The van der Waals surface area contributed by atoms with Gasteiger partial charge in [-0.1, -0.05) is 6.07 Å². The summed E-state index contributed by atoms with van der Waals surface area (Å²) in [5.74, 6) is 2.61. The van der Waals surface area contributed by atoms with Crippen molar-refractivity contribution in [2.45, 2.75) is 32.2 Å². The van der Waals surface area contributed by atoms with Crippen LogP contribution in [0.2, 0.25) is 0 Å². The van der Waals surface area contributed by atoms with Crippen molar-refractivity contribution in [1.29, 1.82) is 0 Å². The Morgan fingerprint density at radius 2 is 1.97 bits per heavy atom. The van der Waals surface area contributed by atoms with Gasteiger partial charge in [-0.25, -0.2) is 0 Å². The second-order valence-corrected chi connectivity index (χ2v) is 7.62. The minimum absolute atomic E-state index is 0. The van der Waals surface area contributed by atoms with Gasteiger partial charge in [0, 0.05) is 58.8 Å². The summed E-state index contributed by atoms with van der Waals surface area (Å²) in [5.41, 5.74) is 0. The van der Waals surface area contributed by atoms with Crippen molar-refractivity contribution in [2.75, 3.05) is 60.5 Å². The molecule has 0 unspecified atom stereocenters. The number of carbonyl (C=O) groups is 1. The monoisotopic (exact) mass is 547 g/mol. The second-order valence-electron chi connectivity index (χ2n) is 7.62. The van der Waals surface area contributed by atoms with Gasteiger partial charge < -0.3 is 25.0 Å². The zero-order valence-electron chi connectivity index (χ0n) is 19.2. The van der Waals surface area contributed by atoms with Crippen LogP contribution in [-0.2, 0) is 4.79 Å². The predicted octanol–water partition coefficient (Wildman–Crippen LogP) is 2.19. The Bertz CT molecular complexity index is 679. The molecular weight excluding hydrogens is 509 g/mol. The summed E-state index contributed by atoms with van der Waals surface area (Å²) in [7, 11) is 5.26. The molecule has 0 atom stereocenters. The van der Waals surface area contributed by atoms with E-state index < -0.39 is 0 Å². The highest BCUT2D eigenvalue weighted by Crippen LogP contribution is 2.18. The first kappa shape index (κ1) is 27.3. The first-order valence-electron chi connectivity index (χ1n) is 10.8. The molecule has 1 saturated heterocycles. The lowest BCUT2D eigenvalue weighted by Gasteiger charge is -2.33. The summed E-state index contributed by atoms with van der Waals surface area (Å²) < 4.78 is 11.0. The van der Waals surface area contributed by atoms with Crippen molar-refractivity contribution < 1.29 is 14.3 Å². The Morgan fingerprint density at radius 3 is 2.61 bits per heavy atom. The zero-order valence-corrected chi connectivity index (χ0v) is 21.6. The van der Waals surface area contributed by atoms with Crippen LogP contribution in [0.25, 0.3) is 0 Å². The van der Waals surface area contributed by atoms with Gasteiger partial charge in [0.05, 0.1) is 20.3 Å². The molecule has 1 aliphatic heterocycles. The van der Waals surface area contributed by atoms with Crippen LogP contribution < -0.4 is 20.1 Å². The van der Waals surface area contributed by atoms with E-state index in [0.717, 1.165) is 56.4 Å². The van der Waals surface area contributed by atoms with Crippen LogP contribution in [0.1, 0.15) is 26.2 Å². The molecule has 2 rings (SSSR count). The summed E-state index contributed by atoms with van der Waals surface area (Å²) in [4.78, 5) is 20.4. The number of nitrogens with one attached hydrogen (secondary N) is 2. The number of rotatable bonds is 10. The van der Waals surface area contributed by atoms with Gasteiger partial charge in [-0.05, 0) is 31.9 Å². The van der Waals surface area contributed by atoms with Crippen LogP contribution in [0.15, 0.2) is 29.3 Å². The van der Waals surface area contributed by atoms with Gasteiger partial charge in [0.25, 0.3) is 0 Å². The number of ether oxygens (including phenoxy) is 2. The molecule has 0 aliphatic carbocycles. The molecule has 0 bridgehead atoms. The number of hydrogen-bond acceptors (Lipinski definition) is 5. The topological polar surface area (TPSA) is 78.4 Å². The molecule has 1 heterocycles. The van der Waals surface area contributed by atoms with Crippen molar-refractivity contribution in [3.63, 3.8) is 0 Å². The van der Waals surface area contributed by atoms with E-state index in [4.69, 9.17) is 9.47 Å². The molecule has 1 aromatic rings. The fourth-order valence-corrected chi connectivity index (χ4v) is 3.22. The lowest BCUT2D eigenvalue weighted by atomic mass is 10.1. The molecule has 1 aliphatic rings. The summed E-state index contributed by atoms with van der Waals surface area (Å²) in [5, 5.41) is 6.86. The van der Waals surface area contributed by atoms with E-state index in [-0.39, 0.29) is 29.9 Å². The average molecular weight is 547 g/mol. The van der Waals surface area contributed by atoms with Crippen LogP contribution >= 0.6 is 24.0 Å². The Labute approximate surface area is 203 Å². The van der Waals surface area contributed by atoms with Crippen LogP contribution in [0, 0.1) is 0 Å². The molecule has 0 radical (unpaired) electrons. The number of halogens is 1. The van der Waals surface area contributed by atoms with E-state index >= 15 is 0 Å². The lowest BCUT2D eigenvalue weighted by molar-refractivity contribution is -0.130. The first-order valence-corrected chi connectivity index (χ1v) is 10.8. The normalized spacial score (nSPS) is 15.0. The van der Waals surface area contributed by atoms with E-state index in [9.17, 15) is 4.79 Å². The number of hydrogen-bond donors (Lipinski definition) is 2. The summed E-state index contributed by atoms with van der Waals surface area (Å²) in [6, 6.07) is 8.00. The van der Waals surface area contributed by atoms with Crippen molar-refractivity contribution >= 4 is 35.8 Å². The van der Waals surface area contributed by atoms with Crippen molar-refractivity contribution in [3.05, 3.63) is 24.3 Å². The van der Waals surface area contributed by atoms with E-state index in [1.165, 1.54) is 0 Å². The fraction of sp³-hybridized carbons (Fsp3) is 0.636. The Balaban J connectivity index is 0.00000480. The third-order valence-electron chi connectivity index (χ3n) is 5.01. The van der Waals surface area contributed by atoms with Crippen molar-refractivity contribution in [3.8, 4) is 11.5 Å². The minimum atomic E-state index is 0. The summed E-state index contributed by atoms with van der Waals surface area (Å²) in [6.07, 6.45) is 2.84. The third-order valence-corrected chi connectivity index (χ3v) is 5.01. The SMILES string of the molecule is CCNC(=NCCCOc1cccc(OC)c1)NC1CCN(CC(=O)N(C)C)CC1.I. The number of likely N-dealkylation sites (tertiary alicyclic amines) is 1. The van der Waals surface area contributed by atoms with E-state index in [0.29, 0.717) is 25.7 Å². The number of amides is 1. The number of nitrogens with zero attached hydrogens (tertiary/aromatic N) is 3. The Kier molecular flexibility index (Phi) is 13.3. The van der Waals surface area contributed by atoms with E-state index in [2.05, 4.69) is 27.4 Å². The molecule has 8 nitrogen and oxygen atoms in total. The third kappa shape index (κ3) is 10.4. The number of guanidine groups is 1. The van der Waals surface area contributed by atoms with Crippen molar-refractivity contribution in [2.24, 2.45) is 4.99 Å². The standard InChI is InChI=1S/C22H37N5O3.HI/c1-5-23-22(24-12-7-15-30-20-9-6-8-19(16-20)29-4)25-18-10-13-27(14-11-18)17-21(28)26(2)3;/h6,8-9,16,18H,5,7,10-15,17H2,1-4H3,(H2,23,24,25);1H. The molecule has 176 valence electrons. The van der Waals surface area contributed by atoms with Crippen molar-refractivity contribution in [1.82, 2.24) is 20.4 Å². The molecule has 0 saturated carbocycles. The largest absolute Gasteiger partial charge is 0.497 e. The van der Waals surface area contributed by atoms with Gasteiger partial charge in [0.2, 0.25) is 5.91 Å². The number of piperidine rings is 1. The smallest absolute Gasteiger partial charge is 0.236 e. The number of methoxy groups -OCH3 is 1. The maximum atomic E-state index is 11.9. The molecule has 31 heavy (non-hydrogen) atoms. The molecule has 1 aromatic carbocycles.